The van der Waals surface area contributed by atoms with E-state index in [9.17, 15) is 62.7 Å². The molecule has 38 nitrogen and oxygen atoms in total. The topological polar surface area (TPSA) is 539 Å². The Morgan fingerprint density at radius 2 is 1.35 bits per heavy atom. The Morgan fingerprint density at radius 1 is 0.753 bits per heavy atom. The zero-order chi connectivity index (χ0) is 55.7. The fourth-order valence-corrected chi connectivity index (χ4v) is 13.9. The van der Waals surface area contributed by atoms with Crippen LogP contribution in [0.1, 0.15) is 18.7 Å². The van der Waals surface area contributed by atoms with Crippen LogP contribution in [0.5, 0.6) is 0 Å². The first kappa shape index (κ1) is 56.9. The van der Waals surface area contributed by atoms with Crippen LogP contribution in [0, 0.1) is 0 Å². The predicted molar refractivity (Wildman–Crippen MR) is 247 cm³/mol. The third-order valence-electron chi connectivity index (χ3n) is 12.0. The molecule has 3 aliphatic rings. The van der Waals surface area contributed by atoms with E-state index in [0.717, 1.165) is 36.1 Å². The average molecular weight is 1190 g/mol. The second-order valence-corrected chi connectivity index (χ2v) is 23.7. The summed E-state index contributed by atoms with van der Waals surface area (Å²) in [7, 11) is -20.5. The standard InChI is InChI=1S/C34H47N15O23P4S/c1-37-24-15-25(39-8-38-24)47(9-40-15)32-22(63-3)21(70-73(55,56)64-5-12-18(50)19(51)30(67-12)48-10-41-16-26(48)42-33(35)44-28(16)53)13(68-32)6-65-74(57,58)71-76(61,62)72-75(59,60)66-7-14-23(77-4)20(52)31(69-14)49-11-46(2)17-27(49)43-34(36)45-29(17)54/h8-14,18-23,30-32,50-52H,5-7H2,1-4H3,(H10-,35,36,37,38,39,42,43,44,45,53,54,55,56,57,58,59,60,61,62)/p-3/t12-,13-,14-,18+,19?,20+,21+,22?,23?,30-,31-,32-/m1/s1. The summed E-state index contributed by atoms with van der Waals surface area (Å²) < 4.78 is 108. The van der Waals surface area contributed by atoms with E-state index in [1.54, 1.807) is 0 Å². The van der Waals surface area contributed by atoms with Gasteiger partial charge in [-0.25, -0.2) is 33.1 Å². The van der Waals surface area contributed by atoms with Crippen molar-refractivity contribution in [3.05, 3.63) is 46.0 Å². The molecule has 6 aromatic rings. The highest BCUT2D eigenvalue weighted by atomic mass is 32.2. The molecule has 3 aliphatic heterocycles. The van der Waals surface area contributed by atoms with Gasteiger partial charge in [-0.3, -0.25) is 51.5 Å². The van der Waals surface area contributed by atoms with E-state index < -0.39 is 135 Å². The summed E-state index contributed by atoms with van der Waals surface area (Å²) in [6.07, 6.45) is -11.6. The van der Waals surface area contributed by atoms with Crippen molar-refractivity contribution in [2.24, 2.45) is 7.05 Å². The number of phosphoric acid groups is 4. The van der Waals surface area contributed by atoms with Gasteiger partial charge in [-0.05, 0) is 6.26 Å². The number of thioether (sulfide) groups is 1. The third kappa shape index (κ3) is 11.5. The molecule has 0 radical (unpaired) electrons. The number of hydrogen-bond acceptors (Lipinski definition) is 33. The summed E-state index contributed by atoms with van der Waals surface area (Å²) in [5.74, 6) is -0.361. The van der Waals surface area contributed by atoms with E-state index in [4.69, 9.17) is 48.5 Å². The van der Waals surface area contributed by atoms with Gasteiger partial charge in [0, 0.05) is 14.2 Å². The second kappa shape index (κ2) is 21.7. The summed E-state index contributed by atoms with van der Waals surface area (Å²) in [4.78, 5) is 106. The Balaban J connectivity index is 0.872. The van der Waals surface area contributed by atoms with Gasteiger partial charge >= 0.3 is 5.65 Å². The number of rotatable bonds is 21. The number of anilines is 3. The molecule has 16 atom stereocenters. The van der Waals surface area contributed by atoms with Crippen molar-refractivity contribution < 1.29 is 103 Å². The molecule has 0 aliphatic carbocycles. The molecule has 9 rings (SSSR count). The molecule has 9 heterocycles. The number of H-pyrrole nitrogens is 2. The van der Waals surface area contributed by atoms with E-state index in [-0.39, 0.29) is 51.2 Å². The fraction of sp³-hybridized carbons (Fsp3) is 0.559. The first-order valence-electron chi connectivity index (χ1n) is 21.9. The first-order valence-corrected chi connectivity index (χ1v) is 29.1. The number of imidazole rings is 3. The number of nitrogens with two attached hydrogens (primary N) is 2. The number of nitrogen functional groups attached to an aromatic ring is 2. The van der Waals surface area contributed by atoms with Gasteiger partial charge < -0.3 is 88.7 Å². The maximum Gasteiger partial charge on any atom is 0.313 e. The van der Waals surface area contributed by atoms with Gasteiger partial charge in [0.2, 0.25) is 17.7 Å². The summed E-state index contributed by atoms with van der Waals surface area (Å²) in [6, 6.07) is 0. The van der Waals surface area contributed by atoms with E-state index in [1.165, 1.54) is 46.7 Å². The van der Waals surface area contributed by atoms with Crippen LogP contribution >= 0.6 is 43.1 Å². The quantitative estimate of drug-likeness (QED) is 0.0246. The van der Waals surface area contributed by atoms with Crippen molar-refractivity contribution in [1.29, 1.82) is 0 Å². The minimum absolute atomic E-state index is 0.0202. The number of aromatic amines is 2. The molecule has 43 heteroatoms. The van der Waals surface area contributed by atoms with Crippen LogP contribution in [-0.4, -0.2) is 163 Å². The molecule has 0 amide bonds. The van der Waals surface area contributed by atoms with E-state index in [2.05, 4.69) is 53.8 Å². The van der Waals surface area contributed by atoms with Gasteiger partial charge in [0.15, 0.2) is 41.4 Å². The van der Waals surface area contributed by atoms with Crippen molar-refractivity contribution in [3.63, 3.8) is 0 Å². The van der Waals surface area contributed by atoms with Crippen molar-refractivity contribution >= 4 is 94.3 Å². The largest absolute Gasteiger partial charge is 0.756 e. The van der Waals surface area contributed by atoms with Crippen LogP contribution in [-0.2, 0) is 71.0 Å². The number of methoxy groups -OCH3 is 1. The second-order valence-electron chi connectivity index (χ2n) is 16.8. The molecule has 0 spiro atoms. The molecular weight excluding hydrogens is 1140 g/mol. The van der Waals surface area contributed by atoms with Crippen LogP contribution in [0.2, 0.25) is 0 Å². The molecule has 422 valence electrons. The maximum absolute atomic E-state index is 13.6. The molecule has 0 bridgehead atoms. The van der Waals surface area contributed by atoms with Gasteiger partial charge in [-0.1, -0.05) is 4.98 Å². The first-order chi connectivity index (χ1) is 36.2. The number of aromatic nitrogens is 12. The number of aliphatic hydroxyl groups excluding tert-OH is 3. The van der Waals surface area contributed by atoms with Gasteiger partial charge in [-0.15, -0.1) is 0 Å². The highest BCUT2D eigenvalue weighted by molar-refractivity contribution is 7.99. The monoisotopic (exact) mass is 1190 g/mol. The molecule has 7 unspecified atom stereocenters. The Kier molecular flexibility index (Phi) is 16.1. The molecular formula is C34H44N15O23P4S-3. The SMILES string of the molecule is CNc1ncnc2c1ncn2[C@@H]1O[C@H](COP(=O)([O-])OP(=O)([O-])OP(=O)([O-])OC[C@H]2O[C@@H]([n+]3cn(C)c4c(=O)[nH]c(N)nc43)[C@@H](O)C2SC)[C@H](OP(=O)([O-])OC[C@H]2O[C@@H](n3cnc4c(=O)[nH]c(N)nc43)C(O)[C@H]2O)C1OC. The molecule has 3 fully saturated rings. The van der Waals surface area contributed by atoms with E-state index in [1.807, 2.05) is 0 Å². The van der Waals surface area contributed by atoms with Gasteiger partial charge in [0.1, 0.15) is 60.7 Å². The van der Waals surface area contributed by atoms with Crippen molar-refractivity contribution in [2.45, 2.75) is 72.8 Å². The zero-order valence-electron chi connectivity index (χ0n) is 39.7. The van der Waals surface area contributed by atoms with Gasteiger partial charge in [0.05, 0.1) is 44.8 Å². The van der Waals surface area contributed by atoms with Crippen LogP contribution in [0.25, 0.3) is 33.5 Å². The minimum atomic E-state index is -6.54. The van der Waals surface area contributed by atoms with Crippen molar-refractivity contribution in [1.82, 2.24) is 53.6 Å². The lowest BCUT2D eigenvalue weighted by Crippen LogP contribution is -2.45. The van der Waals surface area contributed by atoms with Crippen molar-refractivity contribution in [3.8, 4) is 0 Å². The fourth-order valence-electron chi connectivity index (χ4n) is 8.70. The smallest absolute Gasteiger partial charge is 0.313 e. The summed E-state index contributed by atoms with van der Waals surface area (Å²) in [6.45, 7) is -3.43. The van der Waals surface area contributed by atoms with E-state index in [0.29, 0.717) is 0 Å². The zero-order valence-corrected chi connectivity index (χ0v) is 44.1. The lowest BCUT2D eigenvalue weighted by atomic mass is 10.1. The average Bonchev–Trinajstić information content (AvgIpc) is 4.21. The molecule has 0 aromatic carbocycles. The van der Waals surface area contributed by atoms with Gasteiger partial charge in [0.25, 0.3) is 48.4 Å². The lowest BCUT2D eigenvalue weighted by molar-refractivity contribution is -0.745. The van der Waals surface area contributed by atoms with Crippen molar-refractivity contribution in [2.75, 3.05) is 57.0 Å². The Bertz CT molecular complexity index is 3510. The van der Waals surface area contributed by atoms with Crippen LogP contribution in [0.3, 0.4) is 0 Å². The predicted octanol–water partition coefficient (Wildman–Crippen LogP) is -5.41. The summed E-state index contributed by atoms with van der Waals surface area (Å²) in [5, 5.41) is 34.7. The van der Waals surface area contributed by atoms with Crippen LogP contribution < -0.4 is 52.0 Å². The number of nitrogens with one attached hydrogen (secondary N) is 3. The number of aryl methyl sites for hydroxylation is 1. The highest BCUT2D eigenvalue weighted by Gasteiger charge is 2.51. The van der Waals surface area contributed by atoms with Gasteiger partial charge in [-0.2, -0.15) is 16.7 Å². The Hall–Kier alpha value is -4.76. The number of fused-ring (bicyclic) bond motifs is 3. The minimum Gasteiger partial charge on any atom is -0.756 e. The number of nitrogens with zero attached hydrogens (tertiary/aromatic N) is 10. The number of ether oxygens (including phenoxy) is 4. The molecule has 0 saturated carbocycles. The molecule has 10 N–H and O–H groups in total. The number of phosphoric ester groups is 3. The van der Waals surface area contributed by atoms with Crippen LogP contribution in [0.4, 0.5) is 17.7 Å². The molecule has 3 saturated heterocycles. The maximum atomic E-state index is 13.6. The highest BCUT2D eigenvalue weighted by Crippen LogP contribution is 2.63. The van der Waals surface area contributed by atoms with Crippen LogP contribution in [0.15, 0.2) is 34.9 Å². The molecule has 6 aromatic heterocycles. The van der Waals surface area contributed by atoms with E-state index >= 15 is 0 Å². The number of aliphatic hydroxyl groups is 3. The Labute approximate surface area is 433 Å². The number of hydrogen-bond donors (Lipinski definition) is 8. The lowest BCUT2D eigenvalue weighted by Gasteiger charge is -2.35. The summed E-state index contributed by atoms with van der Waals surface area (Å²) >= 11 is 0.992. The summed E-state index contributed by atoms with van der Waals surface area (Å²) in [5.41, 5.74) is 9.87. The molecule has 77 heavy (non-hydrogen) atoms. The third-order valence-corrected chi connectivity index (χ3v) is 18.2. The normalized spacial score (nSPS) is 30.0. The Morgan fingerprint density at radius 3 is 2.01 bits per heavy atom.